The summed E-state index contributed by atoms with van der Waals surface area (Å²) in [6.07, 6.45) is 5.40. The summed E-state index contributed by atoms with van der Waals surface area (Å²) in [5.41, 5.74) is 2.32. The molecule has 0 radical (unpaired) electrons. The molecule has 0 spiro atoms. The zero-order valence-corrected chi connectivity index (χ0v) is 16.2. The number of aliphatic hydroxyl groups excluding tert-OH is 2. The molecule has 2 atom stereocenters. The average Bonchev–Trinajstić information content (AvgIpc) is 2.72. The van der Waals surface area contributed by atoms with E-state index in [9.17, 15) is 10.2 Å². The van der Waals surface area contributed by atoms with Crippen LogP contribution in [0.4, 0.5) is 0 Å². The van der Waals surface area contributed by atoms with E-state index in [0.717, 1.165) is 23.3 Å². The Balaban J connectivity index is 1.78. The minimum Gasteiger partial charge on any atom is -0.491 e. The Morgan fingerprint density at radius 2 is 1.32 bits per heavy atom. The molecule has 0 bridgehead atoms. The molecule has 0 heterocycles. The number of terminal acetylenes is 1. The van der Waals surface area contributed by atoms with E-state index in [0.29, 0.717) is 18.8 Å². The maximum Gasteiger partial charge on any atom is 0.119 e. The smallest absolute Gasteiger partial charge is 0.119 e. The van der Waals surface area contributed by atoms with E-state index in [1.165, 1.54) is 0 Å². The van der Waals surface area contributed by atoms with Crippen LogP contribution in [0, 0.1) is 12.3 Å². The number of ether oxygens (including phenoxy) is 3. The number of hydrogen-bond donors (Lipinski definition) is 2. The van der Waals surface area contributed by atoms with Gasteiger partial charge in [-0.2, -0.15) is 0 Å². The maximum atomic E-state index is 9.75. The molecule has 0 saturated carbocycles. The molecule has 0 aliphatic heterocycles. The molecule has 0 saturated heterocycles. The van der Waals surface area contributed by atoms with E-state index in [1.54, 1.807) is 0 Å². The normalized spacial score (nSPS) is 12.8. The Hall–Kier alpha value is -2.52. The van der Waals surface area contributed by atoms with Gasteiger partial charge in [0.05, 0.1) is 12.7 Å². The van der Waals surface area contributed by atoms with Crippen molar-refractivity contribution in [3.8, 4) is 23.8 Å². The van der Waals surface area contributed by atoms with E-state index in [2.05, 4.69) is 5.92 Å². The van der Waals surface area contributed by atoms with Crippen molar-refractivity contribution in [2.75, 3.05) is 26.4 Å². The molecule has 5 heteroatoms. The summed E-state index contributed by atoms with van der Waals surface area (Å²) in [5, 5.41) is 19.3. The molecule has 2 rings (SSSR count). The van der Waals surface area contributed by atoms with Crippen LogP contribution in [0.3, 0.4) is 0 Å². The fourth-order valence-corrected chi connectivity index (χ4v) is 2.45. The second kappa shape index (κ2) is 12.0. The first-order valence-corrected chi connectivity index (χ1v) is 9.41. The van der Waals surface area contributed by atoms with Gasteiger partial charge >= 0.3 is 0 Å². The van der Waals surface area contributed by atoms with Crippen molar-refractivity contribution in [3.63, 3.8) is 0 Å². The van der Waals surface area contributed by atoms with Gasteiger partial charge in [0.1, 0.15) is 37.4 Å². The van der Waals surface area contributed by atoms with E-state index in [4.69, 9.17) is 20.6 Å². The zero-order valence-electron chi connectivity index (χ0n) is 16.2. The molecular weight excluding hydrogens is 356 g/mol. The quantitative estimate of drug-likeness (QED) is 0.435. The van der Waals surface area contributed by atoms with E-state index in [-0.39, 0.29) is 19.8 Å². The summed E-state index contributed by atoms with van der Waals surface area (Å²) in [7, 11) is 0. The fraction of sp³-hybridized carbons (Fsp3) is 0.391. The molecular formula is C23H28O5. The Morgan fingerprint density at radius 1 is 0.821 bits per heavy atom. The molecule has 150 valence electrons. The predicted molar refractivity (Wildman–Crippen MR) is 109 cm³/mol. The molecule has 2 unspecified atom stereocenters. The molecule has 2 aromatic rings. The number of hydrogen-bond acceptors (Lipinski definition) is 5. The lowest BCUT2D eigenvalue weighted by Crippen LogP contribution is -2.23. The lowest BCUT2D eigenvalue weighted by Gasteiger charge is -2.12. The third-order valence-corrected chi connectivity index (χ3v) is 4.11. The van der Waals surface area contributed by atoms with Crippen LogP contribution in [0.1, 0.15) is 24.5 Å². The first-order chi connectivity index (χ1) is 13.6. The third-order valence-electron chi connectivity index (χ3n) is 4.11. The van der Waals surface area contributed by atoms with Crippen molar-refractivity contribution >= 4 is 0 Å². The Bertz CT molecular complexity index is 718. The van der Waals surface area contributed by atoms with Crippen LogP contribution in [0.15, 0.2) is 48.5 Å². The summed E-state index contributed by atoms with van der Waals surface area (Å²) >= 11 is 0. The summed E-state index contributed by atoms with van der Waals surface area (Å²) in [4.78, 5) is 0. The van der Waals surface area contributed by atoms with Crippen LogP contribution >= 0.6 is 0 Å². The Kier molecular flexibility index (Phi) is 9.36. The highest BCUT2D eigenvalue weighted by Gasteiger charge is 2.06. The van der Waals surface area contributed by atoms with Gasteiger partial charge in [0, 0.05) is 0 Å². The molecule has 0 amide bonds. The standard InChI is InChI=1S/C23H28O5/c1-3-13-26-15-21(25)17-28-23-11-7-19(8-12-23)14-18-5-9-22(10-6-18)27-16-20(24)4-2/h1,5-12,20-21,24-25H,4,13-17H2,2H3. The molecule has 0 fully saturated rings. The first kappa shape index (κ1) is 21.8. The predicted octanol–water partition coefficient (Wildman–Crippen LogP) is 2.82. The van der Waals surface area contributed by atoms with Crippen LogP contribution in [0.2, 0.25) is 0 Å². The first-order valence-electron chi connectivity index (χ1n) is 9.41. The van der Waals surface area contributed by atoms with Gasteiger partial charge in [-0.15, -0.1) is 6.42 Å². The summed E-state index contributed by atoms with van der Waals surface area (Å²) in [6, 6.07) is 15.6. The van der Waals surface area contributed by atoms with E-state index >= 15 is 0 Å². The molecule has 0 aromatic heterocycles. The molecule has 2 aromatic carbocycles. The highest BCUT2D eigenvalue weighted by molar-refractivity contribution is 5.34. The van der Waals surface area contributed by atoms with Crippen molar-refractivity contribution in [3.05, 3.63) is 59.7 Å². The van der Waals surface area contributed by atoms with Gasteiger partial charge < -0.3 is 24.4 Å². The van der Waals surface area contributed by atoms with Gasteiger partial charge in [-0.25, -0.2) is 0 Å². The molecule has 0 aliphatic rings. The number of benzene rings is 2. The van der Waals surface area contributed by atoms with E-state index in [1.807, 2.05) is 55.5 Å². The topological polar surface area (TPSA) is 68.2 Å². The van der Waals surface area contributed by atoms with Crippen LogP contribution in [-0.2, 0) is 11.2 Å². The van der Waals surface area contributed by atoms with Crippen molar-refractivity contribution in [2.24, 2.45) is 0 Å². The van der Waals surface area contributed by atoms with Crippen molar-refractivity contribution in [1.29, 1.82) is 0 Å². The molecule has 2 N–H and O–H groups in total. The lowest BCUT2D eigenvalue weighted by atomic mass is 10.0. The SMILES string of the molecule is C#CCOCC(O)COc1ccc(Cc2ccc(OCC(O)CC)cc2)cc1. The molecule has 0 aliphatic carbocycles. The summed E-state index contributed by atoms with van der Waals surface area (Å²) < 4.78 is 16.2. The summed E-state index contributed by atoms with van der Waals surface area (Å²) in [5.74, 6) is 3.79. The van der Waals surface area contributed by atoms with Crippen LogP contribution in [-0.4, -0.2) is 48.8 Å². The average molecular weight is 384 g/mol. The minimum absolute atomic E-state index is 0.151. The highest BCUT2D eigenvalue weighted by Crippen LogP contribution is 2.18. The lowest BCUT2D eigenvalue weighted by molar-refractivity contribution is 0.0229. The number of rotatable bonds is 12. The Labute approximate surface area is 166 Å². The van der Waals surface area contributed by atoms with Crippen molar-refractivity contribution in [2.45, 2.75) is 32.0 Å². The minimum atomic E-state index is -0.716. The van der Waals surface area contributed by atoms with Crippen LogP contribution in [0.25, 0.3) is 0 Å². The van der Waals surface area contributed by atoms with Gasteiger partial charge in [-0.1, -0.05) is 37.1 Å². The van der Waals surface area contributed by atoms with Gasteiger partial charge in [-0.05, 0) is 48.2 Å². The summed E-state index contributed by atoms with van der Waals surface area (Å²) in [6.45, 7) is 2.71. The second-order valence-electron chi connectivity index (χ2n) is 6.52. The van der Waals surface area contributed by atoms with Crippen molar-refractivity contribution < 1.29 is 24.4 Å². The second-order valence-corrected chi connectivity index (χ2v) is 6.52. The van der Waals surface area contributed by atoms with Crippen LogP contribution in [0.5, 0.6) is 11.5 Å². The van der Waals surface area contributed by atoms with Gasteiger partial charge in [0.2, 0.25) is 0 Å². The molecule has 28 heavy (non-hydrogen) atoms. The van der Waals surface area contributed by atoms with E-state index < -0.39 is 12.2 Å². The Morgan fingerprint density at radius 3 is 1.79 bits per heavy atom. The fourth-order valence-electron chi connectivity index (χ4n) is 2.45. The van der Waals surface area contributed by atoms with Gasteiger partial charge in [0.15, 0.2) is 0 Å². The zero-order chi connectivity index (χ0) is 20.2. The number of aliphatic hydroxyl groups is 2. The monoisotopic (exact) mass is 384 g/mol. The van der Waals surface area contributed by atoms with Gasteiger partial charge in [0.25, 0.3) is 0 Å². The van der Waals surface area contributed by atoms with Gasteiger partial charge in [-0.3, -0.25) is 0 Å². The molecule has 5 nitrogen and oxygen atoms in total. The maximum absolute atomic E-state index is 9.75. The highest BCUT2D eigenvalue weighted by atomic mass is 16.5. The third kappa shape index (κ3) is 8.01. The van der Waals surface area contributed by atoms with Crippen molar-refractivity contribution in [1.82, 2.24) is 0 Å². The largest absolute Gasteiger partial charge is 0.491 e. The van der Waals surface area contributed by atoms with Crippen LogP contribution < -0.4 is 9.47 Å².